The van der Waals surface area contributed by atoms with Crippen LogP contribution in [0.25, 0.3) is 5.69 Å². The first-order valence-corrected chi connectivity index (χ1v) is 9.56. The number of ether oxygens (including phenoxy) is 1. The van der Waals surface area contributed by atoms with E-state index in [9.17, 15) is 14.4 Å². The number of nitrogens with zero attached hydrogens (tertiary/aromatic N) is 2. The van der Waals surface area contributed by atoms with Gasteiger partial charge in [-0.25, -0.2) is 4.79 Å². The summed E-state index contributed by atoms with van der Waals surface area (Å²) in [5.41, 5.74) is 4.11. The second-order valence-electron chi connectivity index (χ2n) is 7.08. The number of rotatable bonds is 4. The third kappa shape index (κ3) is 3.57. The summed E-state index contributed by atoms with van der Waals surface area (Å²) in [6, 6.07) is 18.5. The lowest BCUT2D eigenvalue weighted by Crippen LogP contribution is -2.44. The highest BCUT2D eigenvalue weighted by atomic mass is 16.5. The van der Waals surface area contributed by atoms with Gasteiger partial charge >= 0.3 is 5.97 Å². The third-order valence-corrected chi connectivity index (χ3v) is 5.06. The third-order valence-electron chi connectivity index (χ3n) is 5.06. The van der Waals surface area contributed by atoms with Crippen LogP contribution in [0, 0.1) is 13.8 Å². The van der Waals surface area contributed by atoms with Gasteiger partial charge in [-0.15, -0.1) is 0 Å². The molecule has 7 heteroatoms. The number of hydrogen-bond donors (Lipinski definition) is 1. The van der Waals surface area contributed by atoms with Crippen molar-refractivity contribution in [3.63, 3.8) is 0 Å². The minimum atomic E-state index is -0.576. The molecular weight excluding hydrogens is 382 g/mol. The lowest BCUT2D eigenvalue weighted by atomic mass is 10.2. The number of nitrogens with one attached hydrogen (secondary N) is 1. The van der Waals surface area contributed by atoms with Gasteiger partial charge in [0.05, 0.1) is 16.9 Å². The topological polar surface area (TPSA) is 80.6 Å². The first kappa shape index (κ1) is 19.4. The molecule has 1 aromatic heterocycles. The molecule has 1 aliphatic rings. The van der Waals surface area contributed by atoms with Gasteiger partial charge in [0.25, 0.3) is 5.91 Å². The zero-order chi connectivity index (χ0) is 21.3. The molecule has 2 aromatic carbocycles. The summed E-state index contributed by atoms with van der Waals surface area (Å²) in [5.74, 6) is -1.32. The fourth-order valence-corrected chi connectivity index (χ4v) is 3.68. The molecule has 152 valence electrons. The van der Waals surface area contributed by atoms with Crippen LogP contribution >= 0.6 is 0 Å². The maximum Gasteiger partial charge on any atom is 0.340 e. The molecule has 7 nitrogen and oxygen atoms in total. The van der Waals surface area contributed by atoms with Crippen molar-refractivity contribution < 1.29 is 19.1 Å². The summed E-state index contributed by atoms with van der Waals surface area (Å²) >= 11 is 0. The van der Waals surface area contributed by atoms with Gasteiger partial charge in [-0.3, -0.25) is 14.5 Å². The van der Waals surface area contributed by atoms with Crippen LogP contribution in [-0.2, 0) is 14.3 Å². The van der Waals surface area contributed by atoms with Crippen molar-refractivity contribution in [2.75, 3.05) is 23.4 Å². The van der Waals surface area contributed by atoms with Crippen molar-refractivity contribution in [2.24, 2.45) is 0 Å². The van der Waals surface area contributed by atoms with E-state index in [1.165, 1.54) is 4.90 Å². The molecule has 0 fully saturated rings. The van der Waals surface area contributed by atoms with Gasteiger partial charge in [0.15, 0.2) is 6.61 Å². The number of benzene rings is 2. The van der Waals surface area contributed by atoms with Crippen LogP contribution in [0.15, 0.2) is 60.7 Å². The van der Waals surface area contributed by atoms with Gasteiger partial charge in [-0.2, -0.15) is 0 Å². The number of carbonyl (C=O) groups is 3. The van der Waals surface area contributed by atoms with Crippen LogP contribution in [0.3, 0.4) is 0 Å². The zero-order valence-corrected chi connectivity index (χ0v) is 16.7. The zero-order valence-electron chi connectivity index (χ0n) is 16.7. The van der Waals surface area contributed by atoms with E-state index < -0.39 is 18.5 Å². The number of para-hydroxylation sites is 3. The maximum absolute atomic E-state index is 12.7. The Morgan fingerprint density at radius 1 is 1.03 bits per heavy atom. The highest BCUT2D eigenvalue weighted by molar-refractivity contribution is 6.10. The lowest BCUT2D eigenvalue weighted by molar-refractivity contribution is -0.124. The molecule has 0 aliphatic carbocycles. The molecule has 0 bridgehead atoms. The fraction of sp³-hybridized carbons (Fsp3) is 0.174. The number of aromatic nitrogens is 1. The predicted octanol–water partition coefficient (Wildman–Crippen LogP) is 3.24. The van der Waals surface area contributed by atoms with E-state index in [1.807, 2.05) is 48.7 Å². The number of fused-ring (bicyclic) bond motifs is 1. The van der Waals surface area contributed by atoms with Gasteiger partial charge in [0.2, 0.25) is 5.91 Å². The van der Waals surface area contributed by atoms with Gasteiger partial charge in [0, 0.05) is 17.1 Å². The van der Waals surface area contributed by atoms with E-state index in [0.717, 1.165) is 17.1 Å². The van der Waals surface area contributed by atoms with E-state index >= 15 is 0 Å². The number of esters is 1. The first-order valence-electron chi connectivity index (χ1n) is 9.56. The van der Waals surface area contributed by atoms with E-state index in [-0.39, 0.29) is 12.5 Å². The van der Waals surface area contributed by atoms with Crippen molar-refractivity contribution in [1.29, 1.82) is 0 Å². The van der Waals surface area contributed by atoms with Crippen LogP contribution < -0.4 is 10.2 Å². The molecular formula is C23H21N3O4. The standard InChI is InChI=1S/C23H21N3O4/c1-15-12-18(16(2)26(15)17-8-4-3-5-9-17)23(29)30-14-22(28)25-13-21(27)24-19-10-6-7-11-20(19)25/h3-12H,13-14H2,1-2H3,(H,24,27). The molecule has 30 heavy (non-hydrogen) atoms. The Labute approximate surface area is 173 Å². The van der Waals surface area contributed by atoms with Crippen LogP contribution in [0.2, 0.25) is 0 Å². The SMILES string of the molecule is Cc1cc(C(=O)OCC(=O)N2CC(=O)Nc3ccccc32)c(C)n1-c1ccccc1. The molecule has 0 atom stereocenters. The number of amides is 2. The van der Waals surface area contributed by atoms with Crippen molar-refractivity contribution in [2.45, 2.75) is 13.8 Å². The Kier molecular flexibility index (Phi) is 5.10. The summed E-state index contributed by atoms with van der Waals surface area (Å²) < 4.78 is 7.27. The smallest absolute Gasteiger partial charge is 0.340 e. The molecule has 0 saturated carbocycles. The summed E-state index contributed by atoms with van der Waals surface area (Å²) in [4.78, 5) is 38.6. The number of anilines is 2. The molecule has 0 radical (unpaired) electrons. The van der Waals surface area contributed by atoms with Crippen molar-refractivity contribution >= 4 is 29.2 Å². The monoisotopic (exact) mass is 403 g/mol. The summed E-state index contributed by atoms with van der Waals surface area (Å²) in [6.07, 6.45) is 0. The molecule has 2 amide bonds. The van der Waals surface area contributed by atoms with Crippen molar-refractivity contribution in [3.05, 3.63) is 77.6 Å². The largest absolute Gasteiger partial charge is 0.452 e. The second-order valence-corrected chi connectivity index (χ2v) is 7.08. The normalized spacial score (nSPS) is 12.9. The molecule has 1 aliphatic heterocycles. The maximum atomic E-state index is 12.7. The summed E-state index contributed by atoms with van der Waals surface area (Å²) in [6.45, 7) is 3.18. The minimum absolute atomic E-state index is 0.115. The average Bonchev–Trinajstić information content (AvgIpc) is 3.05. The second kappa shape index (κ2) is 7.87. The highest BCUT2D eigenvalue weighted by Gasteiger charge is 2.28. The molecule has 3 aromatic rings. The van der Waals surface area contributed by atoms with Gasteiger partial charge in [-0.1, -0.05) is 30.3 Å². The highest BCUT2D eigenvalue weighted by Crippen LogP contribution is 2.29. The first-order chi connectivity index (χ1) is 14.5. The lowest BCUT2D eigenvalue weighted by Gasteiger charge is -2.28. The van der Waals surface area contributed by atoms with Gasteiger partial charge in [0.1, 0.15) is 6.54 Å². The molecule has 0 unspecified atom stereocenters. The Hall–Kier alpha value is -3.87. The van der Waals surface area contributed by atoms with E-state index in [0.29, 0.717) is 16.9 Å². The van der Waals surface area contributed by atoms with Crippen LogP contribution in [0.4, 0.5) is 11.4 Å². The quantitative estimate of drug-likeness (QED) is 0.678. The van der Waals surface area contributed by atoms with Crippen LogP contribution in [0.5, 0.6) is 0 Å². The molecule has 0 spiro atoms. The molecule has 2 heterocycles. The summed E-state index contributed by atoms with van der Waals surface area (Å²) in [7, 11) is 0. The Morgan fingerprint density at radius 2 is 1.73 bits per heavy atom. The number of aryl methyl sites for hydroxylation is 1. The van der Waals surface area contributed by atoms with E-state index in [4.69, 9.17) is 4.74 Å². The summed E-state index contributed by atoms with van der Waals surface area (Å²) in [5, 5.41) is 2.72. The molecule has 4 rings (SSSR count). The predicted molar refractivity (Wildman–Crippen MR) is 113 cm³/mol. The van der Waals surface area contributed by atoms with Crippen LogP contribution in [-0.4, -0.2) is 35.5 Å². The van der Waals surface area contributed by atoms with Crippen LogP contribution in [0.1, 0.15) is 21.7 Å². The number of hydrogen-bond acceptors (Lipinski definition) is 4. The van der Waals surface area contributed by atoms with Crippen molar-refractivity contribution in [1.82, 2.24) is 4.57 Å². The Balaban J connectivity index is 1.50. The Morgan fingerprint density at radius 3 is 2.50 bits per heavy atom. The molecule has 1 N–H and O–H groups in total. The molecule has 0 saturated heterocycles. The van der Waals surface area contributed by atoms with Gasteiger partial charge in [-0.05, 0) is 44.2 Å². The fourth-order valence-electron chi connectivity index (χ4n) is 3.68. The average molecular weight is 403 g/mol. The van der Waals surface area contributed by atoms with Gasteiger partial charge < -0.3 is 14.6 Å². The van der Waals surface area contributed by atoms with E-state index in [2.05, 4.69) is 5.32 Å². The Bertz CT molecular complexity index is 1130. The minimum Gasteiger partial charge on any atom is -0.452 e. The van der Waals surface area contributed by atoms with Crippen molar-refractivity contribution in [3.8, 4) is 5.69 Å². The number of carbonyl (C=O) groups excluding carboxylic acids is 3. The van der Waals surface area contributed by atoms with E-state index in [1.54, 1.807) is 30.3 Å².